The molecule has 4 heteroatoms. The quantitative estimate of drug-likeness (QED) is 0.798. The lowest BCUT2D eigenvalue weighted by molar-refractivity contribution is 0.0830. The summed E-state index contributed by atoms with van der Waals surface area (Å²) in [7, 11) is 0. The summed E-state index contributed by atoms with van der Waals surface area (Å²) in [6, 6.07) is 12.9. The molecule has 1 aliphatic heterocycles. The predicted molar refractivity (Wildman–Crippen MR) is 77.1 cm³/mol. The molecule has 4 nitrogen and oxygen atoms in total. The fraction of sp³-hybridized carbons (Fsp3) is 0.250. The zero-order valence-electron chi connectivity index (χ0n) is 11.5. The molecule has 1 aliphatic rings. The number of anilines is 1. The molecule has 0 aliphatic carbocycles. The standard InChI is InChI=1S/C16H16N2O2/c1-16(2)11-18(14-13(20-16)9-6-10-17-14)15(19)12-7-4-3-5-8-12/h3-10H,11H2,1-2H3. The number of hydrogen-bond donors (Lipinski definition) is 0. The van der Waals surface area contributed by atoms with Crippen molar-refractivity contribution in [2.24, 2.45) is 0 Å². The Kier molecular flexibility index (Phi) is 2.93. The van der Waals surface area contributed by atoms with Gasteiger partial charge in [-0.05, 0) is 38.1 Å². The van der Waals surface area contributed by atoms with Gasteiger partial charge in [0.05, 0.1) is 6.54 Å². The lowest BCUT2D eigenvalue weighted by Gasteiger charge is -2.38. The summed E-state index contributed by atoms with van der Waals surface area (Å²) >= 11 is 0. The van der Waals surface area contributed by atoms with Crippen molar-refractivity contribution >= 4 is 11.7 Å². The fourth-order valence-electron chi connectivity index (χ4n) is 2.35. The molecule has 0 radical (unpaired) electrons. The third-order valence-electron chi connectivity index (χ3n) is 3.20. The fourth-order valence-corrected chi connectivity index (χ4v) is 2.35. The smallest absolute Gasteiger partial charge is 0.259 e. The van der Waals surface area contributed by atoms with Crippen LogP contribution in [0.3, 0.4) is 0 Å². The van der Waals surface area contributed by atoms with Gasteiger partial charge in [0, 0.05) is 11.8 Å². The van der Waals surface area contributed by atoms with Gasteiger partial charge in [0.15, 0.2) is 11.6 Å². The van der Waals surface area contributed by atoms with Gasteiger partial charge in [-0.3, -0.25) is 9.69 Å². The van der Waals surface area contributed by atoms with Gasteiger partial charge in [0.25, 0.3) is 5.91 Å². The number of nitrogens with zero attached hydrogens (tertiary/aromatic N) is 2. The van der Waals surface area contributed by atoms with Crippen LogP contribution in [0, 0.1) is 0 Å². The summed E-state index contributed by atoms with van der Waals surface area (Å²) < 4.78 is 5.88. The molecule has 0 saturated heterocycles. The van der Waals surface area contributed by atoms with Gasteiger partial charge in [-0.2, -0.15) is 0 Å². The van der Waals surface area contributed by atoms with Crippen molar-refractivity contribution in [3.63, 3.8) is 0 Å². The molecular formula is C16H16N2O2. The number of fused-ring (bicyclic) bond motifs is 1. The summed E-state index contributed by atoms with van der Waals surface area (Å²) in [5, 5.41) is 0. The molecule has 0 spiro atoms. The first kappa shape index (κ1) is 12.7. The Morgan fingerprint density at radius 1 is 1.20 bits per heavy atom. The largest absolute Gasteiger partial charge is 0.482 e. The van der Waals surface area contributed by atoms with Crippen LogP contribution in [0.2, 0.25) is 0 Å². The van der Waals surface area contributed by atoms with Crippen molar-refractivity contribution < 1.29 is 9.53 Å². The Morgan fingerprint density at radius 2 is 1.95 bits per heavy atom. The number of pyridine rings is 1. The van der Waals surface area contributed by atoms with Crippen LogP contribution in [-0.2, 0) is 0 Å². The first-order valence-electron chi connectivity index (χ1n) is 6.58. The summed E-state index contributed by atoms with van der Waals surface area (Å²) in [6.07, 6.45) is 1.67. The molecule has 0 bridgehead atoms. The summed E-state index contributed by atoms with van der Waals surface area (Å²) in [4.78, 5) is 18.7. The Balaban J connectivity index is 2.03. The molecule has 2 heterocycles. The van der Waals surface area contributed by atoms with Gasteiger partial charge in [-0.25, -0.2) is 4.98 Å². The second-order valence-electron chi connectivity index (χ2n) is 5.44. The van der Waals surface area contributed by atoms with E-state index in [0.29, 0.717) is 23.7 Å². The summed E-state index contributed by atoms with van der Waals surface area (Å²) in [5.74, 6) is 1.18. The maximum atomic E-state index is 12.7. The number of hydrogen-bond acceptors (Lipinski definition) is 3. The first-order chi connectivity index (χ1) is 9.57. The van der Waals surface area contributed by atoms with Crippen LogP contribution in [0.5, 0.6) is 5.75 Å². The van der Waals surface area contributed by atoms with Crippen LogP contribution in [0.15, 0.2) is 48.7 Å². The third kappa shape index (κ3) is 2.25. The minimum Gasteiger partial charge on any atom is -0.482 e. The lowest BCUT2D eigenvalue weighted by Crippen LogP contribution is -2.49. The van der Waals surface area contributed by atoms with Crippen LogP contribution < -0.4 is 9.64 Å². The highest BCUT2D eigenvalue weighted by atomic mass is 16.5. The topological polar surface area (TPSA) is 42.4 Å². The van der Waals surface area contributed by atoms with Gasteiger partial charge in [0.1, 0.15) is 5.60 Å². The molecule has 0 atom stereocenters. The second-order valence-corrected chi connectivity index (χ2v) is 5.44. The zero-order valence-corrected chi connectivity index (χ0v) is 11.5. The van der Waals surface area contributed by atoms with E-state index in [0.717, 1.165) is 0 Å². The molecule has 0 saturated carbocycles. The average molecular weight is 268 g/mol. The first-order valence-corrected chi connectivity index (χ1v) is 6.58. The molecule has 1 aromatic heterocycles. The van der Waals surface area contributed by atoms with Crippen LogP contribution in [-0.4, -0.2) is 23.0 Å². The molecule has 2 aromatic rings. The van der Waals surface area contributed by atoms with Gasteiger partial charge in [-0.15, -0.1) is 0 Å². The van der Waals surface area contributed by atoms with Crippen LogP contribution in [0.4, 0.5) is 5.82 Å². The number of carbonyl (C=O) groups excluding carboxylic acids is 1. The second kappa shape index (κ2) is 4.63. The Bertz CT molecular complexity index is 638. The Morgan fingerprint density at radius 3 is 2.70 bits per heavy atom. The van der Waals surface area contributed by atoms with E-state index in [9.17, 15) is 4.79 Å². The number of benzene rings is 1. The van der Waals surface area contributed by atoms with E-state index in [2.05, 4.69) is 4.98 Å². The van der Waals surface area contributed by atoms with Gasteiger partial charge in [-0.1, -0.05) is 18.2 Å². The van der Waals surface area contributed by atoms with Crippen LogP contribution >= 0.6 is 0 Å². The van der Waals surface area contributed by atoms with Crippen molar-refractivity contribution in [2.75, 3.05) is 11.4 Å². The summed E-state index contributed by atoms with van der Waals surface area (Å²) in [6.45, 7) is 4.41. The van der Waals surface area contributed by atoms with E-state index < -0.39 is 5.60 Å². The summed E-state index contributed by atoms with van der Waals surface area (Å²) in [5.41, 5.74) is 0.224. The van der Waals surface area contributed by atoms with Crippen molar-refractivity contribution in [1.29, 1.82) is 0 Å². The molecule has 20 heavy (non-hydrogen) atoms. The highest BCUT2D eigenvalue weighted by Gasteiger charge is 2.35. The molecule has 3 rings (SSSR count). The normalized spacial score (nSPS) is 16.2. The van der Waals surface area contributed by atoms with E-state index in [4.69, 9.17) is 4.74 Å². The molecule has 1 amide bonds. The minimum absolute atomic E-state index is 0.0538. The number of carbonyl (C=O) groups is 1. The monoisotopic (exact) mass is 268 g/mol. The van der Waals surface area contributed by atoms with Crippen molar-refractivity contribution in [2.45, 2.75) is 19.4 Å². The number of amides is 1. The molecular weight excluding hydrogens is 252 g/mol. The molecule has 0 fully saturated rings. The highest BCUT2D eigenvalue weighted by molar-refractivity contribution is 6.06. The Hall–Kier alpha value is -2.36. The highest BCUT2D eigenvalue weighted by Crippen LogP contribution is 2.35. The molecule has 0 N–H and O–H groups in total. The zero-order chi connectivity index (χ0) is 14.2. The van der Waals surface area contributed by atoms with Crippen molar-refractivity contribution in [3.8, 4) is 5.75 Å². The SMILES string of the molecule is CC1(C)CN(C(=O)c2ccccc2)c2ncccc2O1. The van der Waals surface area contributed by atoms with Crippen molar-refractivity contribution in [3.05, 3.63) is 54.2 Å². The molecule has 102 valence electrons. The van der Waals surface area contributed by atoms with Crippen LogP contribution in [0.25, 0.3) is 0 Å². The van der Waals surface area contributed by atoms with Crippen molar-refractivity contribution in [1.82, 2.24) is 4.98 Å². The van der Waals surface area contributed by atoms with Gasteiger partial charge >= 0.3 is 0 Å². The molecule has 0 unspecified atom stereocenters. The number of ether oxygens (including phenoxy) is 1. The van der Waals surface area contributed by atoms with Gasteiger partial charge in [0.2, 0.25) is 0 Å². The lowest BCUT2D eigenvalue weighted by atomic mass is 10.1. The molecule has 1 aromatic carbocycles. The van der Waals surface area contributed by atoms with Gasteiger partial charge < -0.3 is 4.74 Å². The van der Waals surface area contributed by atoms with E-state index in [1.165, 1.54) is 0 Å². The van der Waals surface area contributed by atoms with E-state index >= 15 is 0 Å². The Labute approximate surface area is 118 Å². The minimum atomic E-state index is -0.430. The number of aromatic nitrogens is 1. The van der Waals surface area contributed by atoms with E-state index in [-0.39, 0.29) is 5.91 Å². The average Bonchev–Trinajstić information content (AvgIpc) is 2.45. The van der Waals surface area contributed by atoms with E-state index in [1.807, 2.05) is 56.3 Å². The third-order valence-corrected chi connectivity index (χ3v) is 3.20. The van der Waals surface area contributed by atoms with E-state index in [1.54, 1.807) is 11.1 Å². The maximum Gasteiger partial charge on any atom is 0.259 e. The van der Waals surface area contributed by atoms with Crippen LogP contribution in [0.1, 0.15) is 24.2 Å². The maximum absolute atomic E-state index is 12.7. The predicted octanol–water partition coefficient (Wildman–Crippen LogP) is 2.90. The number of rotatable bonds is 1.